The summed E-state index contributed by atoms with van der Waals surface area (Å²) in [5.74, 6) is 1.25. The lowest BCUT2D eigenvalue weighted by Gasteiger charge is -2.29. The number of aromatic nitrogens is 2. The first-order valence-electron chi connectivity index (χ1n) is 19.1. The number of rotatable bonds is 9. The lowest BCUT2D eigenvalue weighted by molar-refractivity contribution is 0.112. The minimum Gasteiger partial charge on any atom is -0.378 e. The Morgan fingerprint density at radius 2 is 1.40 bits per heavy atom. The van der Waals surface area contributed by atoms with Crippen molar-refractivity contribution in [3.63, 3.8) is 0 Å². The number of carbonyl (C=O) groups excluding carboxylic acids is 1. The molecule has 5 rings (SSSR count). The second-order valence-corrected chi connectivity index (χ2v) is 12.3. The molecule has 5 heteroatoms. The van der Waals surface area contributed by atoms with Crippen molar-refractivity contribution < 1.29 is 9.53 Å². The molecule has 0 bridgehead atoms. The van der Waals surface area contributed by atoms with E-state index in [1.165, 1.54) is 75.5 Å². The van der Waals surface area contributed by atoms with E-state index < -0.39 is 0 Å². The average molecular weight is 648 g/mol. The van der Waals surface area contributed by atoms with Gasteiger partial charge in [0.2, 0.25) is 0 Å². The molecule has 1 saturated heterocycles. The molecule has 1 saturated carbocycles. The van der Waals surface area contributed by atoms with Crippen molar-refractivity contribution in [2.75, 3.05) is 31.2 Å². The Bertz CT molecular complexity index is 1140. The van der Waals surface area contributed by atoms with Crippen LogP contribution in [0.3, 0.4) is 0 Å². The highest BCUT2D eigenvalue weighted by Crippen LogP contribution is 2.34. The summed E-state index contributed by atoms with van der Waals surface area (Å²) in [6.07, 6.45) is 17.9. The van der Waals surface area contributed by atoms with Crippen LogP contribution in [0.5, 0.6) is 0 Å². The summed E-state index contributed by atoms with van der Waals surface area (Å²) in [6, 6.07) is 19.3. The van der Waals surface area contributed by atoms with Gasteiger partial charge in [-0.15, -0.1) is 0 Å². The highest BCUT2D eigenvalue weighted by Gasteiger charge is 2.23. The Kier molecular flexibility index (Phi) is 24.3. The third-order valence-corrected chi connectivity index (χ3v) is 8.61. The van der Waals surface area contributed by atoms with Gasteiger partial charge in [0, 0.05) is 24.7 Å². The Morgan fingerprint density at radius 3 is 1.98 bits per heavy atom. The van der Waals surface area contributed by atoms with E-state index in [4.69, 9.17) is 4.74 Å². The Hall–Kier alpha value is -2.92. The van der Waals surface area contributed by atoms with Gasteiger partial charge in [-0.3, -0.25) is 4.79 Å². The molecule has 264 valence electrons. The molecule has 0 radical (unpaired) electrons. The summed E-state index contributed by atoms with van der Waals surface area (Å²) < 4.78 is 7.49. The number of carbonyl (C=O) groups is 1. The number of anilines is 1. The highest BCUT2D eigenvalue weighted by atomic mass is 16.5. The van der Waals surface area contributed by atoms with E-state index in [0.717, 1.165) is 68.3 Å². The zero-order valence-corrected chi connectivity index (χ0v) is 31.5. The minimum atomic E-state index is 0.417. The first kappa shape index (κ1) is 42.1. The monoisotopic (exact) mass is 648 g/mol. The first-order valence-corrected chi connectivity index (χ1v) is 19.1. The summed E-state index contributed by atoms with van der Waals surface area (Å²) in [6.45, 7) is 20.3. The molecule has 1 atom stereocenters. The number of morpholine rings is 1. The molecular formula is C42H69N3O2. The number of ether oxygens (including phenoxy) is 1. The summed E-state index contributed by atoms with van der Waals surface area (Å²) in [7, 11) is 0. The van der Waals surface area contributed by atoms with Crippen molar-refractivity contribution in [1.29, 1.82) is 0 Å². The number of nitrogens with zero attached hydrogens (tertiary/aromatic N) is 3. The van der Waals surface area contributed by atoms with Gasteiger partial charge in [0.25, 0.3) is 0 Å². The van der Waals surface area contributed by atoms with Crippen molar-refractivity contribution in [3.05, 3.63) is 77.6 Å². The predicted molar refractivity (Wildman–Crippen MR) is 205 cm³/mol. The normalized spacial score (nSPS) is 15.4. The lowest BCUT2D eigenvalue weighted by Crippen LogP contribution is -2.36. The summed E-state index contributed by atoms with van der Waals surface area (Å²) in [5, 5.41) is 4.61. The standard InChI is InChI=1S/C22H29N3O2.C12H18.C4H10.2C2H6/c26-17-19-16-23-25(22(19)18-7-4-2-1-3-5-8-18)21-10-6-9-20(15-21)24-11-13-27-14-12-24;1-3-7-11(2)10-12-8-5-4-6-9-12;1-3-4-2;2*1-2/h6,9-10,15-18H,1-5,7-8,11-14H2;4-6,8-9,11H,3,7,10H2,1-2H3;3-4H2,1-2H3;2*1-2H3. The van der Waals surface area contributed by atoms with Gasteiger partial charge in [0.05, 0.1) is 36.4 Å². The van der Waals surface area contributed by atoms with Gasteiger partial charge >= 0.3 is 0 Å². The highest BCUT2D eigenvalue weighted by molar-refractivity contribution is 5.77. The maximum atomic E-state index is 11.7. The van der Waals surface area contributed by atoms with Crippen LogP contribution in [-0.4, -0.2) is 42.4 Å². The van der Waals surface area contributed by atoms with Crippen molar-refractivity contribution in [2.24, 2.45) is 5.92 Å². The fourth-order valence-electron chi connectivity index (χ4n) is 6.06. The van der Waals surface area contributed by atoms with Crippen LogP contribution < -0.4 is 4.90 Å². The predicted octanol–water partition coefficient (Wildman–Crippen LogP) is 11.9. The van der Waals surface area contributed by atoms with Crippen LogP contribution in [0.25, 0.3) is 5.69 Å². The molecule has 1 aliphatic heterocycles. The largest absolute Gasteiger partial charge is 0.378 e. The van der Waals surface area contributed by atoms with E-state index in [2.05, 4.69) is 92.3 Å². The molecular weight excluding hydrogens is 578 g/mol. The molecule has 2 fully saturated rings. The number of hydrogen-bond acceptors (Lipinski definition) is 4. The van der Waals surface area contributed by atoms with E-state index in [1.54, 1.807) is 6.20 Å². The molecule has 0 N–H and O–H groups in total. The van der Waals surface area contributed by atoms with E-state index in [-0.39, 0.29) is 0 Å². The van der Waals surface area contributed by atoms with E-state index in [9.17, 15) is 4.79 Å². The maximum Gasteiger partial charge on any atom is 0.153 e. The third-order valence-electron chi connectivity index (χ3n) is 8.61. The van der Waals surface area contributed by atoms with Crippen molar-refractivity contribution in [1.82, 2.24) is 9.78 Å². The number of hydrogen-bond donors (Lipinski definition) is 0. The average Bonchev–Trinajstić information content (AvgIpc) is 3.55. The van der Waals surface area contributed by atoms with Gasteiger partial charge in [0.1, 0.15) is 0 Å². The van der Waals surface area contributed by atoms with Crippen LogP contribution in [0.1, 0.15) is 154 Å². The van der Waals surface area contributed by atoms with Gasteiger partial charge in [-0.05, 0) is 48.9 Å². The molecule has 2 aromatic carbocycles. The third kappa shape index (κ3) is 15.7. The van der Waals surface area contributed by atoms with Crippen LogP contribution in [0, 0.1) is 5.92 Å². The molecule has 2 heterocycles. The maximum absolute atomic E-state index is 11.7. The van der Waals surface area contributed by atoms with Gasteiger partial charge < -0.3 is 9.64 Å². The Labute approximate surface area is 289 Å². The quantitative estimate of drug-likeness (QED) is 0.217. The summed E-state index contributed by atoms with van der Waals surface area (Å²) in [4.78, 5) is 14.1. The lowest BCUT2D eigenvalue weighted by atomic mass is 9.87. The van der Waals surface area contributed by atoms with Crippen LogP contribution in [-0.2, 0) is 11.2 Å². The SMILES string of the molecule is CC.CC.CCCC.CCCC(C)Cc1ccccc1.O=Cc1cnn(-c2cccc(N3CCOCC3)c2)c1C1CCCCCCC1. The molecule has 1 aromatic heterocycles. The van der Waals surface area contributed by atoms with Crippen molar-refractivity contribution in [2.45, 2.75) is 138 Å². The van der Waals surface area contributed by atoms with E-state index in [0.29, 0.717) is 5.92 Å². The smallest absolute Gasteiger partial charge is 0.153 e. The zero-order valence-electron chi connectivity index (χ0n) is 31.5. The molecule has 47 heavy (non-hydrogen) atoms. The van der Waals surface area contributed by atoms with Crippen LogP contribution in [0.2, 0.25) is 0 Å². The van der Waals surface area contributed by atoms with Gasteiger partial charge in [-0.1, -0.05) is 150 Å². The zero-order chi connectivity index (χ0) is 34.7. The van der Waals surface area contributed by atoms with Crippen LogP contribution in [0.4, 0.5) is 5.69 Å². The van der Waals surface area contributed by atoms with Crippen LogP contribution >= 0.6 is 0 Å². The van der Waals surface area contributed by atoms with Gasteiger partial charge in [-0.2, -0.15) is 5.10 Å². The number of unbranched alkanes of at least 4 members (excludes halogenated alkanes) is 1. The van der Waals surface area contributed by atoms with E-state index in [1.807, 2.05) is 32.4 Å². The van der Waals surface area contributed by atoms with Gasteiger partial charge in [0.15, 0.2) is 6.29 Å². The summed E-state index contributed by atoms with van der Waals surface area (Å²) in [5.41, 5.74) is 5.56. The first-order chi connectivity index (χ1) is 23.1. The Balaban J connectivity index is 0.000000460. The molecule has 2 aliphatic rings. The fraction of sp³-hybridized carbons (Fsp3) is 0.619. The molecule has 3 aromatic rings. The molecule has 0 spiro atoms. The fourth-order valence-corrected chi connectivity index (χ4v) is 6.06. The van der Waals surface area contributed by atoms with Crippen molar-refractivity contribution >= 4 is 12.0 Å². The molecule has 1 unspecified atom stereocenters. The molecule has 5 nitrogen and oxygen atoms in total. The van der Waals surface area contributed by atoms with Crippen molar-refractivity contribution in [3.8, 4) is 5.69 Å². The van der Waals surface area contributed by atoms with Gasteiger partial charge in [-0.25, -0.2) is 4.68 Å². The molecule has 1 aliphatic carbocycles. The Morgan fingerprint density at radius 1 is 0.809 bits per heavy atom. The summed E-state index contributed by atoms with van der Waals surface area (Å²) >= 11 is 0. The van der Waals surface area contributed by atoms with E-state index >= 15 is 0 Å². The molecule has 0 amide bonds. The second kappa shape index (κ2) is 27.1. The topological polar surface area (TPSA) is 47.4 Å². The van der Waals surface area contributed by atoms with Crippen LogP contribution in [0.15, 0.2) is 60.8 Å². The number of benzene rings is 2. The minimum absolute atomic E-state index is 0.417. The second-order valence-electron chi connectivity index (χ2n) is 12.3. The number of aldehydes is 1.